The summed E-state index contributed by atoms with van der Waals surface area (Å²) >= 11 is 0. The first-order chi connectivity index (χ1) is 9.83. The smallest absolute Gasteiger partial charge is 0.136 e. The second-order valence-corrected chi connectivity index (χ2v) is 4.90. The molecule has 0 saturated carbocycles. The highest BCUT2D eigenvalue weighted by Gasteiger charge is 2.11. The van der Waals surface area contributed by atoms with Crippen LogP contribution >= 0.6 is 0 Å². The van der Waals surface area contributed by atoms with Crippen molar-refractivity contribution in [3.05, 3.63) is 66.7 Å². The molecular formula is C18H11BO. The largest absolute Gasteiger partial charge is 0.456 e. The summed E-state index contributed by atoms with van der Waals surface area (Å²) in [4.78, 5) is 0. The zero-order chi connectivity index (χ0) is 13.5. The predicted octanol–water partition coefficient (Wildman–Crippen LogP) is 4.05. The molecule has 0 saturated heterocycles. The van der Waals surface area contributed by atoms with Gasteiger partial charge in [0.25, 0.3) is 0 Å². The molecule has 1 heterocycles. The fraction of sp³-hybridized carbons (Fsp3) is 0. The molecule has 0 bridgehead atoms. The number of furan rings is 1. The van der Waals surface area contributed by atoms with Gasteiger partial charge >= 0.3 is 0 Å². The Hall–Kier alpha value is -2.48. The van der Waals surface area contributed by atoms with Gasteiger partial charge in [0.1, 0.15) is 19.0 Å². The summed E-state index contributed by atoms with van der Waals surface area (Å²) in [7, 11) is 5.90. The van der Waals surface area contributed by atoms with Crippen LogP contribution in [0.5, 0.6) is 0 Å². The monoisotopic (exact) mass is 254 g/mol. The lowest BCUT2D eigenvalue weighted by Gasteiger charge is -2.05. The number of hydrogen-bond acceptors (Lipinski definition) is 1. The zero-order valence-electron chi connectivity index (χ0n) is 10.8. The molecule has 20 heavy (non-hydrogen) atoms. The highest BCUT2D eigenvalue weighted by molar-refractivity contribution is 6.32. The molecule has 0 N–H and O–H groups in total. The average Bonchev–Trinajstić information content (AvgIpc) is 2.85. The molecule has 92 valence electrons. The number of hydrogen-bond donors (Lipinski definition) is 0. The first-order valence-electron chi connectivity index (χ1n) is 6.59. The zero-order valence-corrected chi connectivity index (χ0v) is 10.8. The molecule has 1 nitrogen and oxygen atoms in total. The van der Waals surface area contributed by atoms with Crippen molar-refractivity contribution in [3.63, 3.8) is 0 Å². The maximum Gasteiger partial charge on any atom is 0.136 e. The summed E-state index contributed by atoms with van der Waals surface area (Å²) < 4.78 is 5.91. The van der Waals surface area contributed by atoms with Crippen LogP contribution in [0.2, 0.25) is 0 Å². The Morgan fingerprint density at radius 1 is 0.750 bits per heavy atom. The van der Waals surface area contributed by atoms with Gasteiger partial charge in [0.15, 0.2) is 0 Å². The van der Waals surface area contributed by atoms with Crippen molar-refractivity contribution < 1.29 is 4.42 Å². The highest BCUT2D eigenvalue weighted by Crippen LogP contribution is 2.35. The predicted molar refractivity (Wildman–Crippen MR) is 84.5 cm³/mol. The van der Waals surface area contributed by atoms with Crippen LogP contribution in [0.4, 0.5) is 0 Å². The minimum absolute atomic E-state index is 0.771. The topological polar surface area (TPSA) is 13.1 Å². The molecule has 0 aliphatic carbocycles. The molecule has 1 aromatic heterocycles. The van der Waals surface area contributed by atoms with Crippen LogP contribution in [0.25, 0.3) is 33.1 Å². The van der Waals surface area contributed by atoms with E-state index in [-0.39, 0.29) is 0 Å². The van der Waals surface area contributed by atoms with Crippen LogP contribution in [-0.2, 0) is 0 Å². The van der Waals surface area contributed by atoms with E-state index in [1.54, 1.807) is 0 Å². The van der Waals surface area contributed by atoms with Gasteiger partial charge in [0.05, 0.1) is 0 Å². The molecule has 0 unspecified atom stereocenters. The van der Waals surface area contributed by atoms with Crippen molar-refractivity contribution in [3.8, 4) is 11.1 Å². The maximum atomic E-state index is 5.91. The Labute approximate surface area is 118 Å². The lowest BCUT2D eigenvalue weighted by atomic mass is 9.91. The van der Waals surface area contributed by atoms with Crippen molar-refractivity contribution in [1.82, 2.24) is 0 Å². The Morgan fingerprint density at radius 2 is 1.55 bits per heavy atom. The molecule has 0 aliphatic heterocycles. The summed E-state index contributed by atoms with van der Waals surface area (Å²) in [6, 6.07) is 22.2. The minimum Gasteiger partial charge on any atom is -0.456 e. The van der Waals surface area contributed by atoms with Crippen molar-refractivity contribution in [1.29, 1.82) is 0 Å². The molecule has 2 radical (unpaired) electrons. The first kappa shape index (κ1) is 11.4. The number of para-hydroxylation sites is 1. The van der Waals surface area contributed by atoms with E-state index in [0.717, 1.165) is 38.5 Å². The van der Waals surface area contributed by atoms with E-state index >= 15 is 0 Å². The Balaban J connectivity index is 2.14. The first-order valence-corrected chi connectivity index (χ1v) is 6.59. The normalized spacial score (nSPS) is 11.2. The third kappa shape index (κ3) is 1.65. The number of benzene rings is 3. The van der Waals surface area contributed by atoms with E-state index in [0.29, 0.717) is 0 Å². The van der Waals surface area contributed by atoms with Gasteiger partial charge in [0, 0.05) is 10.8 Å². The molecule has 0 amide bonds. The summed E-state index contributed by atoms with van der Waals surface area (Å²) in [6.45, 7) is 0. The van der Waals surface area contributed by atoms with Gasteiger partial charge in [-0.25, -0.2) is 0 Å². The van der Waals surface area contributed by atoms with Crippen LogP contribution in [0.15, 0.2) is 71.1 Å². The van der Waals surface area contributed by atoms with Gasteiger partial charge in [-0.1, -0.05) is 60.1 Å². The molecule has 4 aromatic rings. The summed E-state index contributed by atoms with van der Waals surface area (Å²) in [6.07, 6.45) is 0. The number of fused-ring (bicyclic) bond motifs is 3. The molecule has 0 spiro atoms. The van der Waals surface area contributed by atoms with E-state index in [9.17, 15) is 0 Å². The average molecular weight is 254 g/mol. The molecular weight excluding hydrogens is 243 g/mol. The van der Waals surface area contributed by atoms with Crippen molar-refractivity contribution in [2.45, 2.75) is 0 Å². The van der Waals surface area contributed by atoms with Crippen molar-refractivity contribution in [2.75, 3.05) is 0 Å². The van der Waals surface area contributed by atoms with Crippen LogP contribution in [0, 0.1) is 0 Å². The summed E-state index contributed by atoms with van der Waals surface area (Å²) in [5.41, 5.74) is 4.86. The molecule has 0 atom stereocenters. The van der Waals surface area contributed by atoms with E-state index in [1.165, 1.54) is 0 Å². The van der Waals surface area contributed by atoms with Gasteiger partial charge in [-0.15, -0.1) is 0 Å². The van der Waals surface area contributed by atoms with E-state index in [2.05, 4.69) is 18.2 Å². The van der Waals surface area contributed by atoms with Crippen LogP contribution in [0.1, 0.15) is 0 Å². The van der Waals surface area contributed by atoms with Crippen LogP contribution < -0.4 is 5.46 Å². The standard InChI is InChI=1S/C18H11BO/c19-13-6-3-5-12(11-13)14-8-4-10-17-18(14)15-7-1-2-9-16(15)20-17/h1-11H. The Bertz CT molecular complexity index is 921. The molecule has 3 aromatic carbocycles. The lowest BCUT2D eigenvalue weighted by molar-refractivity contribution is 0.669. The SMILES string of the molecule is [B]c1cccc(-c2cccc3oc4ccccc4c23)c1. The van der Waals surface area contributed by atoms with Gasteiger partial charge in [-0.05, 0) is 23.3 Å². The molecule has 0 aliphatic rings. The van der Waals surface area contributed by atoms with Crippen LogP contribution in [-0.4, -0.2) is 7.85 Å². The molecule has 0 fully saturated rings. The fourth-order valence-electron chi connectivity index (χ4n) is 2.72. The third-order valence-corrected chi connectivity index (χ3v) is 3.60. The van der Waals surface area contributed by atoms with Gasteiger partial charge < -0.3 is 4.42 Å². The third-order valence-electron chi connectivity index (χ3n) is 3.60. The second kappa shape index (κ2) is 4.27. The van der Waals surface area contributed by atoms with E-state index < -0.39 is 0 Å². The van der Waals surface area contributed by atoms with Crippen molar-refractivity contribution >= 4 is 35.2 Å². The lowest BCUT2D eigenvalue weighted by Crippen LogP contribution is -2.00. The van der Waals surface area contributed by atoms with Crippen molar-refractivity contribution in [2.24, 2.45) is 0 Å². The Morgan fingerprint density at radius 3 is 2.45 bits per heavy atom. The number of rotatable bonds is 1. The summed E-state index contributed by atoms with van der Waals surface area (Å²) in [5, 5.41) is 2.29. The fourth-order valence-corrected chi connectivity index (χ4v) is 2.72. The van der Waals surface area contributed by atoms with Crippen LogP contribution in [0.3, 0.4) is 0 Å². The molecule has 2 heteroatoms. The minimum atomic E-state index is 0.771. The Kier molecular flexibility index (Phi) is 2.43. The van der Waals surface area contributed by atoms with Gasteiger partial charge in [-0.2, -0.15) is 0 Å². The van der Waals surface area contributed by atoms with Gasteiger partial charge in [0.2, 0.25) is 0 Å². The molecule has 4 rings (SSSR count). The second-order valence-electron chi connectivity index (χ2n) is 4.90. The quantitative estimate of drug-likeness (QED) is 0.467. The maximum absolute atomic E-state index is 5.91. The summed E-state index contributed by atoms with van der Waals surface area (Å²) in [5.74, 6) is 0. The van der Waals surface area contributed by atoms with E-state index in [4.69, 9.17) is 12.3 Å². The highest BCUT2D eigenvalue weighted by atomic mass is 16.3. The van der Waals surface area contributed by atoms with E-state index in [1.807, 2.05) is 48.5 Å². The van der Waals surface area contributed by atoms with Gasteiger partial charge in [-0.3, -0.25) is 0 Å².